The molecule has 0 aliphatic carbocycles. The van der Waals surface area contributed by atoms with Gasteiger partial charge in [0.15, 0.2) is 0 Å². The molecule has 1 amide bonds. The third-order valence-electron chi connectivity index (χ3n) is 5.75. The summed E-state index contributed by atoms with van der Waals surface area (Å²) in [6, 6.07) is 5.17. The van der Waals surface area contributed by atoms with Gasteiger partial charge < -0.3 is 15.7 Å². The number of rotatable bonds is 10. The minimum absolute atomic E-state index is 0.151. The van der Waals surface area contributed by atoms with E-state index in [1.807, 2.05) is 6.07 Å². The zero-order valence-corrected chi connectivity index (χ0v) is 20.8. The van der Waals surface area contributed by atoms with Gasteiger partial charge in [0.2, 0.25) is 10.0 Å². The SMILES string of the molecule is O=C(NC[C@H](NS(=O)(=O)c1cccnc1)C(=O)O)c1cc2sc(CCC3CCNCC3)cc2s1. The third kappa shape index (κ3) is 6.19. The summed E-state index contributed by atoms with van der Waals surface area (Å²) in [7, 11) is -4.09. The molecule has 4 heterocycles. The van der Waals surface area contributed by atoms with E-state index < -0.39 is 27.9 Å². The van der Waals surface area contributed by atoms with E-state index in [4.69, 9.17) is 0 Å². The minimum atomic E-state index is -4.09. The number of nitrogens with zero attached hydrogens (tertiary/aromatic N) is 1. The van der Waals surface area contributed by atoms with Gasteiger partial charge in [-0.25, -0.2) is 8.42 Å². The molecule has 1 atom stereocenters. The maximum atomic E-state index is 12.6. The van der Waals surface area contributed by atoms with Crippen molar-refractivity contribution in [3.8, 4) is 0 Å². The topological polar surface area (TPSA) is 137 Å². The van der Waals surface area contributed by atoms with Crippen molar-refractivity contribution in [3.05, 3.63) is 46.4 Å². The second-order valence-corrected chi connectivity index (χ2v) is 12.2. The number of aliphatic carboxylic acids is 1. The van der Waals surface area contributed by atoms with Crippen LogP contribution in [0.4, 0.5) is 0 Å². The molecule has 3 aromatic heterocycles. The van der Waals surface area contributed by atoms with Crippen LogP contribution in [-0.2, 0) is 21.2 Å². The molecule has 1 fully saturated rings. The number of amides is 1. The zero-order chi connectivity index (χ0) is 24.1. The molecule has 1 aliphatic heterocycles. The second kappa shape index (κ2) is 10.9. The number of nitrogens with one attached hydrogen (secondary N) is 3. The smallest absolute Gasteiger partial charge is 0.323 e. The van der Waals surface area contributed by atoms with Crippen LogP contribution in [0.15, 0.2) is 41.6 Å². The molecule has 12 heteroatoms. The van der Waals surface area contributed by atoms with Gasteiger partial charge >= 0.3 is 5.97 Å². The van der Waals surface area contributed by atoms with E-state index in [1.54, 1.807) is 11.3 Å². The highest BCUT2D eigenvalue weighted by Crippen LogP contribution is 2.34. The quantitative estimate of drug-likeness (QED) is 0.321. The maximum absolute atomic E-state index is 12.6. The molecule has 3 aromatic rings. The highest BCUT2D eigenvalue weighted by Gasteiger charge is 2.26. The van der Waals surface area contributed by atoms with E-state index in [0.717, 1.165) is 41.0 Å². The summed E-state index contributed by atoms with van der Waals surface area (Å²) in [5, 5.41) is 15.4. The average molecular weight is 523 g/mol. The van der Waals surface area contributed by atoms with Crippen molar-refractivity contribution in [3.63, 3.8) is 0 Å². The summed E-state index contributed by atoms with van der Waals surface area (Å²) in [5.41, 5.74) is 0. The van der Waals surface area contributed by atoms with Gasteiger partial charge in [0.1, 0.15) is 10.9 Å². The van der Waals surface area contributed by atoms with E-state index in [2.05, 4.69) is 26.4 Å². The minimum Gasteiger partial charge on any atom is -0.480 e. The first-order valence-corrected chi connectivity index (χ1v) is 14.1. The number of carboxylic acids is 1. The summed E-state index contributed by atoms with van der Waals surface area (Å²) in [6.07, 6.45) is 7.19. The van der Waals surface area contributed by atoms with Gasteiger partial charge in [0.25, 0.3) is 5.91 Å². The number of aromatic nitrogens is 1. The van der Waals surface area contributed by atoms with Gasteiger partial charge in [-0.05, 0) is 69.0 Å². The number of hydrogen-bond donors (Lipinski definition) is 4. The Labute approximate surface area is 205 Å². The normalized spacial score (nSPS) is 15.9. The number of aryl methyl sites for hydroxylation is 1. The van der Waals surface area contributed by atoms with E-state index in [0.29, 0.717) is 4.88 Å². The van der Waals surface area contributed by atoms with E-state index >= 15 is 0 Å². The largest absolute Gasteiger partial charge is 0.480 e. The second-order valence-electron chi connectivity index (χ2n) is 8.19. The number of piperidine rings is 1. The van der Waals surface area contributed by atoms with Crippen LogP contribution in [-0.4, -0.2) is 56.1 Å². The summed E-state index contributed by atoms with van der Waals surface area (Å²) < 4.78 is 29.0. The van der Waals surface area contributed by atoms with Crippen molar-refractivity contribution in [1.29, 1.82) is 0 Å². The van der Waals surface area contributed by atoms with Crippen LogP contribution in [0, 0.1) is 5.92 Å². The predicted molar refractivity (Wildman–Crippen MR) is 132 cm³/mol. The van der Waals surface area contributed by atoms with Gasteiger partial charge in [0, 0.05) is 33.2 Å². The Bertz CT molecular complexity index is 1220. The number of carbonyl (C=O) groups is 2. The van der Waals surface area contributed by atoms with Crippen LogP contribution in [0.5, 0.6) is 0 Å². The summed E-state index contributed by atoms with van der Waals surface area (Å²) in [4.78, 5) is 29.5. The summed E-state index contributed by atoms with van der Waals surface area (Å²) in [5.74, 6) is -1.06. The van der Waals surface area contributed by atoms with Crippen molar-refractivity contribution in [1.82, 2.24) is 20.3 Å². The number of sulfonamides is 1. The molecule has 34 heavy (non-hydrogen) atoms. The molecule has 0 saturated carbocycles. The van der Waals surface area contributed by atoms with Crippen LogP contribution in [0.2, 0.25) is 0 Å². The Morgan fingerprint density at radius 3 is 2.65 bits per heavy atom. The van der Waals surface area contributed by atoms with Crippen LogP contribution in [0.3, 0.4) is 0 Å². The van der Waals surface area contributed by atoms with Crippen LogP contribution in [0.25, 0.3) is 9.40 Å². The zero-order valence-electron chi connectivity index (χ0n) is 18.3. The van der Waals surface area contributed by atoms with Crippen LogP contribution >= 0.6 is 22.7 Å². The Balaban J connectivity index is 1.34. The standard InChI is InChI=1S/C22H26N4O5S3/c27-21(25-13-17(22(28)29)26-34(30,31)16-2-1-7-24-12-16)20-11-19-18(33-20)10-15(32-19)4-3-14-5-8-23-9-6-14/h1-2,7,10-12,14,17,23,26H,3-6,8-9,13H2,(H,25,27)(H,28,29)/t17-/m0/s1. The maximum Gasteiger partial charge on any atom is 0.323 e. The summed E-state index contributed by atoms with van der Waals surface area (Å²) >= 11 is 3.03. The number of pyridine rings is 1. The Morgan fingerprint density at radius 2 is 1.97 bits per heavy atom. The van der Waals surface area contributed by atoms with E-state index in [9.17, 15) is 23.1 Å². The van der Waals surface area contributed by atoms with Crippen molar-refractivity contribution in [2.75, 3.05) is 19.6 Å². The third-order valence-corrected chi connectivity index (χ3v) is 9.56. The lowest BCUT2D eigenvalue weighted by molar-refractivity contribution is -0.138. The molecule has 0 unspecified atom stereocenters. The molecular formula is C22H26N4O5S3. The first-order chi connectivity index (χ1) is 16.3. The van der Waals surface area contributed by atoms with Crippen molar-refractivity contribution < 1.29 is 23.1 Å². The number of thiophene rings is 2. The fraction of sp³-hybridized carbons (Fsp3) is 0.409. The van der Waals surface area contributed by atoms with Crippen LogP contribution in [0.1, 0.15) is 33.8 Å². The lowest BCUT2D eigenvalue weighted by atomic mass is 9.93. The molecule has 1 aliphatic rings. The monoisotopic (exact) mass is 522 g/mol. The number of carbonyl (C=O) groups excluding carboxylic acids is 1. The van der Waals surface area contributed by atoms with Crippen molar-refractivity contribution >= 4 is 54.0 Å². The van der Waals surface area contributed by atoms with Crippen LogP contribution < -0.4 is 15.4 Å². The highest BCUT2D eigenvalue weighted by molar-refractivity contribution is 7.89. The molecule has 0 bridgehead atoms. The van der Waals surface area contributed by atoms with Gasteiger partial charge in [-0.15, -0.1) is 22.7 Å². The molecule has 0 spiro atoms. The van der Waals surface area contributed by atoms with Gasteiger partial charge in [-0.3, -0.25) is 14.6 Å². The van der Waals surface area contributed by atoms with Crippen molar-refractivity contribution in [2.45, 2.75) is 36.6 Å². The Hall–Kier alpha value is -2.38. The Morgan fingerprint density at radius 1 is 1.21 bits per heavy atom. The lowest BCUT2D eigenvalue weighted by Crippen LogP contribution is -2.48. The molecule has 182 valence electrons. The fourth-order valence-corrected chi connectivity index (χ4v) is 7.37. The van der Waals surface area contributed by atoms with Gasteiger partial charge in [-0.1, -0.05) is 0 Å². The predicted octanol–water partition coefficient (Wildman–Crippen LogP) is 2.45. The molecular weight excluding hydrogens is 496 g/mol. The lowest BCUT2D eigenvalue weighted by Gasteiger charge is -2.22. The number of carboxylic acid groups (broad SMARTS) is 1. The number of hydrogen-bond acceptors (Lipinski definition) is 8. The van der Waals surface area contributed by atoms with Gasteiger partial charge in [-0.2, -0.15) is 4.72 Å². The molecule has 4 rings (SSSR count). The highest BCUT2D eigenvalue weighted by atomic mass is 32.2. The average Bonchev–Trinajstić information content (AvgIpc) is 3.40. The van der Waals surface area contributed by atoms with Gasteiger partial charge in [0.05, 0.1) is 4.88 Å². The fourth-order valence-electron chi connectivity index (χ4n) is 3.86. The van der Waals surface area contributed by atoms with E-state index in [-0.39, 0.29) is 11.4 Å². The Kier molecular flexibility index (Phi) is 7.94. The summed E-state index contributed by atoms with van der Waals surface area (Å²) in [6.45, 7) is 1.80. The molecule has 9 nitrogen and oxygen atoms in total. The molecule has 0 aromatic carbocycles. The molecule has 4 N–H and O–H groups in total. The first-order valence-electron chi connectivity index (χ1n) is 11.0. The molecule has 1 saturated heterocycles. The molecule has 0 radical (unpaired) electrons. The van der Waals surface area contributed by atoms with Crippen molar-refractivity contribution in [2.24, 2.45) is 5.92 Å². The number of fused-ring (bicyclic) bond motifs is 1. The first kappa shape index (κ1) is 24.7. The van der Waals surface area contributed by atoms with E-state index in [1.165, 1.54) is 53.8 Å².